The summed E-state index contributed by atoms with van der Waals surface area (Å²) in [6, 6.07) is 14.3. The zero-order valence-corrected chi connectivity index (χ0v) is 17.7. The third-order valence-electron chi connectivity index (χ3n) is 4.80. The van der Waals surface area contributed by atoms with Crippen molar-refractivity contribution in [3.63, 3.8) is 0 Å². The molecule has 0 amide bonds. The fourth-order valence-corrected chi connectivity index (χ4v) is 3.18. The number of para-hydroxylation sites is 1. The average molecular weight is 392 g/mol. The van der Waals surface area contributed by atoms with Crippen LogP contribution in [0.4, 0.5) is 17.5 Å². The first-order valence-electron chi connectivity index (χ1n) is 9.94. The highest BCUT2D eigenvalue weighted by molar-refractivity contribution is 5.65. The smallest absolute Gasteiger partial charge is 0.249 e. The Labute approximate surface area is 172 Å². The van der Waals surface area contributed by atoms with Crippen LogP contribution in [-0.4, -0.2) is 22.3 Å². The van der Waals surface area contributed by atoms with Gasteiger partial charge in [-0.1, -0.05) is 58.0 Å². The van der Waals surface area contributed by atoms with Gasteiger partial charge in [-0.25, -0.2) is 0 Å². The van der Waals surface area contributed by atoms with Crippen molar-refractivity contribution < 1.29 is 4.74 Å². The Morgan fingerprint density at radius 3 is 2.17 bits per heavy atom. The third-order valence-corrected chi connectivity index (χ3v) is 4.80. The minimum Gasteiger partial charge on any atom is -0.497 e. The van der Waals surface area contributed by atoms with Crippen LogP contribution in [0, 0.1) is 0 Å². The third kappa shape index (κ3) is 5.22. The van der Waals surface area contributed by atoms with Crippen molar-refractivity contribution in [1.82, 2.24) is 15.2 Å². The molecule has 0 aliphatic heterocycles. The molecule has 3 aromatic rings. The zero-order valence-electron chi connectivity index (χ0n) is 17.7. The van der Waals surface area contributed by atoms with Crippen molar-refractivity contribution in [2.45, 2.75) is 46.1 Å². The van der Waals surface area contributed by atoms with Crippen LogP contribution in [0.3, 0.4) is 0 Å². The van der Waals surface area contributed by atoms with Crippen LogP contribution in [-0.2, 0) is 6.54 Å². The second kappa shape index (κ2) is 9.37. The fraction of sp³-hybridized carbons (Fsp3) is 0.348. The van der Waals surface area contributed by atoms with Gasteiger partial charge in [-0.15, -0.1) is 5.10 Å². The molecular weight excluding hydrogens is 362 g/mol. The fourth-order valence-electron chi connectivity index (χ4n) is 3.18. The summed E-state index contributed by atoms with van der Waals surface area (Å²) in [6.07, 6.45) is 1.63. The van der Waals surface area contributed by atoms with Gasteiger partial charge < -0.3 is 15.4 Å². The Kier molecular flexibility index (Phi) is 6.65. The monoisotopic (exact) mass is 391 g/mol. The van der Waals surface area contributed by atoms with Crippen molar-refractivity contribution in [1.29, 1.82) is 0 Å². The van der Waals surface area contributed by atoms with Crippen LogP contribution < -0.4 is 15.4 Å². The van der Waals surface area contributed by atoms with E-state index in [9.17, 15) is 0 Å². The SMILES string of the molecule is COc1ccc(CNc2cnnc(Nc3c(C(C)C)cccc3C(C)C)n2)cc1. The molecule has 152 valence electrons. The number of hydrogen-bond acceptors (Lipinski definition) is 6. The minimum atomic E-state index is 0.389. The molecular formula is C23H29N5O. The highest BCUT2D eigenvalue weighted by Gasteiger charge is 2.15. The van der Waals surface area contributed by atoms with E-state index in [4.69, 9.17) is 4.74 Å². The maximum Gasteiger partial charge on any atom is 0.249 e. The van der Waals surface area contributed by atoms with Gasteiger partial charge >= 0.3 is 0 Å². The molecule has 0 aliphatic rings. The van der Waals surface area contributed by atoms with Gasteiger partial charge in [0, 0.05) is 12.2 Å². The first kappa shape index (κ1) is 20.6. The Morgan fingerprint density at radius 2 is 1.59 bits per heavy atom. The van der Waals surface area contributed by atoms with Crippen molar-refractivity contribution in [3.05, 3.63) is 65.4 Å². The number of rotatable bonds is 8. The maximum absolute atomic E-state index is 5.20. The van der Waals surface area contributed by atoms with Crippen molar-refractivity contribution >= 4 is 17.5 Å². The largest absolute Gasteiger partial charge is 0.497 e. The van der Waals surface area contributed by atoms with E-state index in [1.807, 2.05) is 24.3 Å². The first-order chi connectivity index (χ1) is 14.0. The number of hydrogen-bond donors (Lipinski definition) is 2. The Hall–Kier alpha value is -3.15. The molecule has 0 radical (unpaired) electrons. The Balaban J connectivity index is 1.78. The molecule has 3 rings (SSSR count). The van der Waals surface area contributed by atoms with Gasteiger partial charge in [0.1, 0.15) is 5.75 Å². The van der Waals surface area contributed by atoms with Gasteiger partial charge in [0.25, 0.3) is 0 Å². The van der Waals surface area contributed by atoms with E-state index in [1.165, 1.54) is 11.1 Å². The molecule has 6 nitrogen and oxygen atoms in total. The standard InChI is InChI=1S/C23H29N5O/c1-15(2)19-7-6-8-20(16(3)4)22(19)27-23-26-21(14-25-28-23)24-13-17-9-11-18(29-5)12-10-17/h6-12,14-16H,13H2,1-5H3,(H2,24,26,27,28). The lowest BCUT2D eigenvalue weighted by Gasteiger charge is -2.20. The molecule has 0 saturated carbocycles. The lowest BCUT2D eigenvalue weighted by molar-refractivity contribution is 0.414. The molecule has 0 atom stereocenters. The Morgan fingerprint density at radius 1 is 0.931 bits per heavy atom. The lowest BCUT2D eigenvalue weighted by Crippen LogP contribution is -2.09. The average Bonchev–Trinajstić information content (AvgIpc) is 2.72. The summed E-state index contributed by atoms with van der Waals surface area (Å²) in [4.78, 5) is 4.60. The summed E-state index contributed by atoms with van der Waals surface area (Å²) in [5.41, 5.74) is 4.70. The number of benzene rings is 2. The number of methoxy groups -OCH3 is 1. The normalized spacial score (nSPS) is 11.0. The van der Waals surface area contributed by atoms with Crippen LogP contribution in [0.1, 0.15) is 56.2 Å². The number of aromatic nitrogens is 3. The molecule has 29 heavy (non-hydrogen) atoms. The second-order valence-electron chi connectivity index (χ2n) is 7.61. The van der Waals surface area contributed by atoms with Gasteiger partial charge in [0.2, 0.25) is 5.95 Å². The lowest BCUT2D eigenvalue weighted by atomic mass is 9.93. The summed E-state index contributed by atoms with van der Waals surface area (Å²) in [7, 11) is 1.66. The van der Waals surface area contributed by atoms with E-state index in [1.54, 1.807) is 13.3 Å². The van der Waals surface area contributed by atoms with Crippen LogP contribution >= 0.6 is 0 Å². The summed E-state index contributed by atoms with van der Waals surface area (Å²) in [5.74, 6) is 2.78. The minimum absolute atomic E-state index is 0.389. The molecule has 2 aromatic carbocycles. The summed E-state index contributed by atoms with van der Waals surface area (Å²) >= 11 is 0. The molecule has 0 spiro atoms. The summed E-state index contributed by atoms with van der Waals surface area (Å²) in [5, 5.41) is 15.0. The van der Waals surface area contributed by atoms with Gasteiger partial charge in [-0.2, -0.15) is 10.1 Å². The van der Waals surface area contributed by atoms with Crippen LogP contribution in [0.15, 0.2) is 48.7 Å². The van der Waals surface area contributed by atoms with Crippen LogP contribution in [0.25, 0.3) is 0 Å². The molecule has 0 fully saturated rings. The number of ether oxygens (including phenoxy) is 1. The van der Waals surface area contributed by atoms with Crippen LogP contribution in [0.5, 0.6) is 5.75 Å². The van der Waals surface area contributed by atoms with Crippen molar-refractivity contribution in [2.24, 2.45) is 0 Å². The molecule has 0 saturated heterocycles. The number of nitrogens with one attached hydrogen (secondary N) is 2. The first-order valence-corrected chi connectivity index (χ1v) is 9.94. The molecule has 1 aromatic heterocycles. The predicted octanol–water partition coefficient (Wildman–Crippen LogP) is 5.48. The van der Waals surface area contributed by atoms with Crippen molar-refractivity contribution in [3.8, 4) is 5.75 Å². The highest BCUT2D eigenvalue weighted by Crippen LogP contribution is 2.33. The van der Waals surface area contributed by atoms with Crippen LogP contribution in [0.2, 0.25) is 0 Å². The number of nitrogens with zero attached hydrogens (tertiary/aromatic N) is 3. The van der Waals surface area contributed by atoms with Gasteiger partial charge in [-0.3, -0.25) is 0 Å². The second-order valence-corrected chi connectivity index (χ2v) is 7.61. The highest BCUT2D eigenvalue weighted by atomic mass is 16.5. The summed E-state index contributed by atoms with van der Waals surface area (Å²) in [6.45, 7) is 9.40. The van der Waals surface area contributed by atoms with E-state index >= 15 is 0 Å². The van der Waals surface area contributed by atoms with Gasteiger partial charge in [0.05, 0.1) is 13.3 Å². The van der Waals surface area contributed by atoms with E-state index in [-0.39, 0.29) is 0 Å². The van der Waals surface area contributed by atoms with E-state index in [2.05, 4.69) is 71.7 Å². The zero-order chi connectivity index (χ0) is 20.8. The molecule has 2 N–H and O–H groups in total. The molecule has 0 aliphatic carbocycles. The molecule has 6 heteroatoms. The molecule has 0 bridgehead atoms. The quantitative estimate of drug-likeness (QED) is 0.529. The molecule has 1 heterocycles. The Bertz CT molecular complexity index is 912. The molecule has 0 unspecified atom stereocenters. The van der Waals surface area contributed by atoms with E-state index < -0.39 is 0 Å². The maximum atomic E-state index is 5.20. The number of anilines is 3. The van der Waals surface area contributed by atoms with E-state index in [0.717, 1.165) is 17.0 Å². The summed E-state index contributed by atoms with van der Waals surface area (Å²) < 4.78 is 5.20. The van der Waals surface area contributed by atoms with Crippen molar-refractivity contribution in [2.75, 3.05) is 17.7 Å². The predicted molar refractivity (Wildman–Crippen MR) is 118 cm³/mol. The van der Waals surface area contributed by atoms with E-state index in [0.29, 0.717) is 30.1 Å². The van der Waals surface area contributed by atoms with Gasteiger partial charge in [-0.05, 0) is 40.7 Å². The topological polar surface area (TPSA) is 72.0 Å². The van der Waals surface area contributed by atoms with Gasteiger partial charge in [0.15, 0.2) is 5.82 Å².